The minimum atomic E-state index is 0.711. The number of aryl methyl sites for hydroxylation is 1. The number of hydrogen-bond acceptors (Lipinski definition) is 3. The summed E-state index contributed by atoms with van der Waals surface area (Å²) in [6, 6.07) is 3.84. The maximum Gasteiger partial charge on any atom is 0.122 e. The fourth-order valence-electron chi connectivity index (χ4n) is 1.24. The first-order chi connectivity index (χ1) is 7.11. The molecule has 1 heterocycles. The normalized spacial score (nSPS) is 10.1. The van der Waals surface area contributed by atoms with Gasteiger partial charge in [-0.2, -0.15) is 0 Å². The summed E-state index contributed by atoms with van der Waals surface area (Å²) in [7, 11) is 1.66. The molecule has 1 aromatic heterocycles. The molecule has 0 fully saturated rings. The standard InChI is InChI=1S/C11H15BrN2O/c1-8(12)6-13-7-10-5-11(15-3)4-9(2)14-10/h4-5,13H,1,6-7H2,2-3H3. The molecule has 0 unspecified atom stereocenters. The largest absolute Gasteiger partial charge is 0.497 e. The molecule has 0 saturated heterocycles. The van der Waals surface area contributed by atoms with Crippen LogP contribution in [0.2, 0.25) is 0 Å². The molecular formula is C11H15BrN2O. The van der Waals surface area contributed by atoms with Crippen LogP contribution in [0.3, 0.4) is 0 Å². The lowest BCUT2D eigenvalue weighted by atomic mass is 10.3. The quantitative estimate of drug-likeness (QED) is 0.892. The molecule has 1 N–H and O–H groups in total. The topological polar surface area (TPSA) is 34.1 Å². The van der Waals surface area contributed by atoms with E-state index in [1.165, 1.54) is 0 Å². The van der Waals surface area contributed by atoms with Crippen LogP contribution in [0, 0.1) is 6.92 Å². The van der Waals surface area contributed by atoms with Gasteiger partial charge in [0.15, 0.2) is 0 Å². The number of rotatable bonds is 5. The Morgan fingerprint density at radius 3 is 2.93 bits per heavy atom. The highest BCUT2D eigenvalue weighted by Gasteiger charge is 2.00. The second-order valence-corrected chi connectivity index (χ2v) is 4.38. The fraction of sp³-hybridized carbons (Fsp3) is 0.364. The Kier molecular flexibility index (Phi) is 4.78. The van der Waals surface area contributed by atoms with E-state index >= 15 is 0 Å². The molecule has 0 radical (unpaired) electrons. The third kappa shape index (κ3) is 4.44. The van der Waals surface area contributed by atoms with Crippen molar-refractivity contribution >= 4 is 15.9 Å². The SMILES string of the molecule is C=C(Br)CNCc1cc(OC)cc(C)n1. The maximum atomic E-state index is 5.17. The molecule has 0 saturated carbocycles. The van der Waals surface area contributed by atoms with Crippen LogP contribution in [0.4, 0.5) is 0 Å². The third-order valence-electron chi connectivity index (χ3n) is 1.84. The molecule has 4 heteroatoms. The molecule has 82 valence electrons. The monoisotopic (exact) mass is 270 g/mol. The third-order valence-corrected chi connectivity index (χ3v) is 2.12. The van der Waals surface area contributed by atoms with Crippen LogP contribution in [0.5, 0.6) is 5.75 Å². The molecule has 1 rings (SSSR count). The highest BCUT2D eigenvalue weighted by Crippen LogP contribution is 2.13. The summed E-state index contributed by atoms with van der Waals surface area (Å²) in [5, 5.41) is 3.22. The van der Waals surface area contributed by atoms with E-state index < -0.39 is 0 Å². The van der Waals surface area contributed by atoms with Gasteiger partial charge in [-0.15, -0.1) is 0 Å². The lowest BCUT2D eigenvalue weighted by Gasteiger charge is -2.06. The number of ether oxygens (including phenoxy) is 1. The van der Waals surface area contributed by atoms with Gasteiger partial charge in [0.25, 0.3) is 0 Å². The van der Waals surface area contributed by atoms with E-state index in [-0.39, 0.29) is 0 Å². The van der Waals surface area contributed by atoms with E-state index in [0.717, 1.165) is 28.2 Å². The Morgan fingerprint density at radius 2 is 2.33 bits per heavy atom. The summed E-state index contributed by atoms with van der Waals surface area (Å²) in [5.74, 6) is 0.844. The maximum absolute atomic E-state index is 5.17. The van der Waals surface area contributed by atoms with Gasteiger partial charge in [-0.05, 0) is 6.92 Å². The summed E-state index contributed by atoms with van der Waals surface area (Å²) >= 11 is 3.29. The van der Waals surface area contributed by atoms with Crippen LogP contribution in [0.15, 0.2) is 23.2 Å². The van der Waals surface area contributed by atoms with Gasteiger partial charge in [-0.25, -0.2) is 0 Å². The lowest BCUT2D eigenvalue weighted by molar-refractivity contribution is 0.413. The van der Waals surface area contributed by atoms with Crippen LogP contribution in [0.1, 0.15) is 11.4 Å². The number of halogens is 1. The van der Waals surface area contributed by atoms with Crippen molar-refractivity contribution in [2.75, 3.05) is 13.7 Å². The average Bonchev–Trinajstić information content (AvgIpc) is 2.16. The van der Waals surface area contributed by atoms with E-state index in [0.29, 0.717) is 6.54 Å². The highest BCUT2D eigenvalue weighted by molar-refractivity contribution is 9.11. The van der Waals surface area contributed by atoms with Crippen molar-refractivity contribution in [1.29, 1.82) is 0 Å². The number of nitrogens with one attached hydrogen (secondary N) is 1. The molecule has 0 amide bonds. The van der Waals surface area contributed by atoms with Crippen LogP contribution in [0.25, 0.3) is 0 Å². The van der Waals surface area contributed by atoms with Crippen molar-refractivity contribution in [3.63, 3.8) is 0 Å². The van der Waals surface area contributed by atoms with Gasteiger partial charge in [-0.1, -0.05) is 22.5 Å². The Labute approximate surface area is 98.7 Å². The zero-order valence-electron chi connectivity index (χ0n) is 9.01. The molecule has 1 aromatic rings. The minimum Gasteiger partial charge on any atom is -0.497 e. The van der Waals surface area contributed by atoms with Crippen molar-refractivity contribution in [3.8, 4) is 5.75 Å². The molecule has 15 heavy (non-hydrogen) atoms. The van der Waals surface area contributed by atoms with E-state index in [4.69, 9.17) is 4.74 Å². The molecule has 0 aliphatic rings. The first-order valence-corrected chi connectivity index (χ1v) is 5.46. The van der Waals surface area contributed by atoms with Gasteiger partial charge in [0.2, 0.25) is 0 Å². The minimum absolute atomic E-state index is 0.711. The fourth-order valence-corrected chi connectivity index (χ4v) is 1.44. The smallest absolute Gasteiger partial charge is 0.122 e. The molecule has 0 bridgehead atoms. The molecule has 0 atom stereocenters. The number of nitrogens with zero attached hydrogens (tertiary/aromatic N) is 1. The number of aromatic nitrogens is 1. The molecule has 0 aliphatic carbocycles. The predicted octanol–water partition coefficient (Wildman–Crippen LogP) is 2.40. The number of methoxy groups -OCH3 is 1. The predicted molar refractivity (Wildman–Crippen MR) is 65.3 cm³/mol. The van der Waals surface area contributed by atoms with Gasteiger partial charge in [0, 0.05) is 35.4 Å². The number of pyridine rings is 1. The van der Waals surface area contributed by atoms with Crippen molar-refractivity contribution < 1.29 is 4.74 Å². The Hall–Kier alpha value is -0.870. The molecule has 0 aliphatic heterocycles. The van der Waals surface area contributed by atoms with E-state index in [9.17, 15) is 0 Å². The van der Waals surface area contributed by atoms with Crippen molar-refractivity contribution in [2.24, 2.45) is 0 Å². The second kappa shape index (κ2) is 5.88. The van der Waals surface area contributed by atoms with Gasteiger partial charge < -0.3 is 10.1 Å². The van der Waals surface area contributed by atoms with Crippen LogP contribution in [-0.4, -0.2) is 18.6 Å². The van der Waals surface area contributed by atoms with Crippen LogP contribution < -0.4 is 10.1 Å². The van der Waals surface area contributed by atoms with Gasteiger partial charge in [0.05, 0.1) is 12.8 Å². The summed E-state index contributed by atoms with van der Waals surface area (Å²) < 4.78 is 6.10. The lowest BCUT2D eigenvalue weighted by Crippen LogP contribution is -2.15. The molecular weight excluding hydrogens is 256 g/mol. The van der Waals surface area contributed by atoms with E-state index in [2.05, 4.69) is 32.8 Å². The van der Waals surface area contributed by atoms with E-state index in [1.807, 2.05) is 19.1 Å². The van der Waals surface area contributed by atoms with Gasteiger partial charge in [0.1, 0.15) is 5.75 Å². The average molecular weight is 271 g/mol. The van der Waals surface area contributed by atoms with Crippen LogP contribution in [-0.2, 0) is 6.54 Å². The zero-order valence-corrected chi connectivity index (χ0v) is 10.6. The number of hydrogen-bond donors (Lipinski definition) is 1. The molecule has 3 nitrogen and oxygen atoms in total. The van der Waals surface area contributed by atoms with Crippen LogP contribution >= 0.6 is 15.9 Å². The Bertz CT molecular complexity index is 352. The van der Waals surface area contributed by atoms with Crippen molar-refractivity contribution in [3.05, 3.63) is 34.6 Å². The zero-order chi connectivity index (χ0) is 11.3. The Morgan fingerprint density at radius 1 is 1.60 bits per heavy atom. The van der Waals surface area contributed by atoms with Crippen molar-refractivity contribution in [1.82, 2.24) is 10.3 Å². The Balaban J connectivity index is 2.60. The van der Waals surface area contributed by atoms with E-state index in [1.54, 1.807) is 7.11 Å². The summed E-state index contributed by atoms with van der Waals surface area (Å²) in [6.45, 7) is 7.15. The van der Waals surface area contributed by atoms with Crippen molar-refractivity contribution in [2.45, 2.75) is 13.5 Å². The molecule has 0 aromatic carbocycles. The first kappa shape index (κ1) is 12.2. The summed E-state index contributed by atoms with van der Waals surface area (Å²) in [5.41, 5.74) is 1.93. The van der Waals surface area contributed by atoms with Gasteiger partial charge >= 0.3 is 0 Å². The summed E-state index contributed by atoms with van der Waals surface area (Å²) in [6.07, 6.45) is 0. The second-order valence-electron chi connectivity index (χ2n) is 3.26. The summed E-state index contributed by atoms with van der Waals surface area (Å²) in [4.78, 5) is 4.39. The van der Waals surface area contributed by atoms with Gasteiger partial charge in [-0.3, -0.25) is 4.98 Å². The first-order valence-electron chi connectivity index (χ1n) is 4.67. The molecule has 0 spiro atoms. The highest BCUT2D eigenvalue weighted by atomic mass is 79.9.